The maximum atomic E-state index is 12.5. The normalized spacial score (nSPS) is 12.5. The molecule has 1 atom stereocenters. The van der Waals surface area contributed by atoms with Crippen LogP contribution in [-0.4, -0.2) is 37.8 Å². The minimum Gasteiger partial charge on any atom is -0.352 e. The van der Waals surface area contributed by atoms with Gasteiger partial charge in [-0.05, 0) is 29.1 Å². The predicted octanol–water partition coefficient (Wildman–Crippen LogP) is 2.19. The quantitative estimate of drug-likeness (QED) is 0.526. The van der Waals surface area contributed by atoms with E-state index in [0.29, 0.717) is 13.1 Å². The van der Waals surface area contributed by atoms with Crippen molar-refractivity contribution in [1.29, 1.82) is 0 Å². The van der Waals surface area contributed by atoms with Crippen molar-refractivity contribution in [1.82, 2.24) is 14.9 Å². The number of nitrogens with zero attached hydrogens (tertiary/aromatic N) is 1. The van der Waals surface area contributed by atoms with Crippen LogP contribution in [0.5, 0.6) is 0 Å². The molecule has 1 aromatic heterocycles. The molecule has 1 aromatic carbocycles. The smallest absolute Gasteiger partial charge is 0.312 e. The minimum atomic E-state index is -3.51. The van der Waals surface area contributed by atoms with Crippen LogP contribution in [0.4, 0.5) is 4.79 Å². The van der Waals surface area contributed by atoms with E-state index < -0.39 is 22.1 Å². The summed E-state index contributed by atoms with van der Waals surface area (Å²) in [4.78, 5) is 24.6. The van der Waals surface area contributed by atoms with Crippen molar-refractivity contribution in [3.63, 3.8) is 0 Å². The monoisotopic (exact) mass is 438 g/mol. The highest BCUT2D eigenvalue weighted by Crippen LogP contribution is 2.22. The van der Waals surface area contributed by atoms with Crippen molar-refractivity contribution in [3.05, 3.63) is 52.2 Å². The van der Waals surface area contributed by atoms with Gasteiger partial charge < -0.3 is 16.4 Å². The molecule has 2 aromatic rings. The fourth-order valence-electron chi connectivity index (χ4n) is 2.83. The Balaban J connectivity index is 1.97. The predicted molar refractivity (Wildman–Crippen MR) is 113 cm³/mol. The van der Waals surface area contributed by atoms with E-state index in [4.69, 9.17) is 5.73 Å². The maximum absolute atomic E-state index is 12.5. The molecule has 3 amide bonds. The molecule has 0 spiro atoms. The summed E-state index contributed by atoms with van der Waals surface area (Å²) in [7, 11) is -3.51. The third-order valence-electron chi connectivity index (χ3n) is 4.35. The molecule has 0 saturated heterocycles. The third kappa shape index (κ3) is 6.28. The lowest BCUT2D eigenvalue weighted by molar-refractivity contribution is -0.121. The van der Waals surface area contributed by atoms with E-state index >= 15 is 0 Å². The number of nitrogens with two attached hydrogens (primary N) is 1. The molecule has 10 heteroatoms. The number of benzene rings is 1. The SMILES string of the molecule is CCN(CC)S(=O)(=O)c1ccc(CNC(=O)CC(NC(N)=O)c2cccs2)cc1. The van der Waals surface area contributed by atoms with Crippen molar-refractivity contribution in [2.24, 2.45) is 5.73 Å². The van der Waals surface area contributed by atoms with E-state index in [1.54, 1.807) is 26.0 Å². The molecule has 0 bridgehead atoms. The lowest BCUT2D eigenvalue weighted by Gasteiger charge is -2.18. The van der Waals surface area contributed by atoms with Crippen molar-refractivity contribution >= 4 is 33.3 Å². The number of carbonyl (C=O) groups is 2. The molecule has 0 aliphatic carbocycles. The van der Waals surface area contributed by atoms with Crippen molar-refractivity contribution in [3.8, 4) is 0 Å². The van der Waals surface area contributed by atoms with E-state index in [2.05, 4.69) is 10.6 Å². The standard InChI is InChI=1S/C19H26N4O4S2/c1-3-23(4-2)29(26,27)15-9-7-14(8-10-15)13-21-18(24)12-16(22-19(20)25)17-6-5-11-28-17/h5-11,16H,3-4,12-13H2,1-2H3,(H,21,24)(H3,20,22,25). The van der Waals surface area contributed by atoms with Crippen molar-refractivity contribution < 1.29 is 18.0 Å². The largest absolute Gasteiger partial charge is 0.352 e. The second-order valence-corrected chi connectivity index (χ2v) is 9.21. The highest BCUT2D eigenvalue weighted by Gasteiger charge is 2.21. The Morgan fingerprint density at radius 2 is 1.79 bits per heavy atom. The van der Waals surface area contributed by atoms with Crippen LogP contribution in [0.15, 0.2) is 46.7 Å². The second kappa shape index (κ2) is 10.4. The zero-order valence-corrected chi connectivity index (χ0v) is 18.1. The van der Waals surface area contributed by atoms with E-state index in [0.717, 1.165) is 10.4 Å². The molecule has 1 unspecified atom stereocenters. The summed E-state index contributed by atoms with van der Waals surface area (Å²) in [6.45, 7) is 4.64. The first-order chi connectivity index (χ1) is 13.8. The third-order valence-corrected chi connectivity index (χ3v) is 7.40. The van der Waals surface area contributed by atoms with Gasteiger partial charge in [0.2, 0.25) is 15.9 Å². The van der Waals surface area contributed by atoms with E-state index in [9.17, 15) is 18.0 Å². The number of hydrogen-bond acceptors (Lipinski definition) is 5. The Labute approximate surface area is 175 Å². The van der Waals surface area contributed by atoms with Gasteiger partial charge in [0.25, 0.3) is 0 Å². The number of nitrogens with one attached hydrogen (secondary N) is 2. The summed E-state index contributed by atoms with van der Waals surface area (Å²) in [5.41, 5.74) is 5.97. The average molecular weight is 439 g/mol. The van der Waals surface area contributed by atoms with Crippen LogP contribution in [-0.2, 0) is 21.4 Å². The van der Waals surface area contributed by atoms with Gasteiger partial charge in [0.1, 0.15) is 0 Å². The number of urea groups is 1. The van der Waals surface area contributed by atoms with Gasteiger partial charge in [-0.25, -0.2) is 13.2 Å². The van der Waals surface area contributed by atoms with Crippen molar-refractivity contribution in [2.45, 2.75) is 37.8 Å². The fraction of sp³-hybridized carbons (Fsp3) is 0.368. The minimum absolute atomic E-state index is 0.0534. The maximum Gasteiger partial charge on any atom is 0.312 e. The van der Waals surface area contributed by atoms with Gasteiger partial charge in [-0.3, -0.25) is 4.79 Å². The fourth-order valence-corrected chi connectivity index (χ4v) is 5.07. The number of hydrogen-bond donors (Lipinski definition) is 3. The highest BCUT2D eigenvalue weighted by atomic mass is 32.2. The molecule has 0 saturated carbocycles. The first-order valence-electron chi connectivity index (χ1n) is 9.23. The molecule has 1 heterocycles. The molecule has 0 aliphatic rings. The summed E-state index contributed by atoms with van der Waals surface area (Å²) < 4.78 is 26.4. The molecule has 8 nitrogen and oxygen atoms in total. The summed E-state index contributed by atoms with van der Waals surface area (Å²) in [6, 6.07) is 8.91. The first kappa shape index (κ1) is 22.9. The summed E-state index contributed by atoms with van der Waals surface area (Å²) in [5.74, 6) is -0.253. The second-order valence-electron chi connectivity index (χ2n) is 6.29. The molecule has 0 aliphatic heterocycles. The average Bonchev–Trinajstić information content (AvgIpc) is 3.21. The van der Waals surface area contributed by atoms with Crippen LogP contribution in [0, 0.1) is 0 Å². The van der Waals surface area contributed by atoms with Gasteiger partial charge in [-0.15, -0.1) is 11.3 Å². The first-order valence-corrected chi connectivity index (χ1v) is 11.5. The van der Waals surface area contributed by atoms with Crippen LogP contribution in [0.25, 0.3) is 0 Å². The molecule has 29 heavy (non-hydrogen) atoms. The molecule has 158 valence electrons. The van der Waals surface area contributed by atoms with Gasteiger partial charge >= 0.3 is 6.03 Å². The van der Waals surface area contributed by atoms with Gasteiger partial charge in [0.15, 0.2) is 0 Å². The zero-order chi connectivity index (χ0) is 21.4. The van der Waals surface area contributed by atoms with Crippen LogP contribution in [0.3, 0.4) is 0 Å². The lowest BCUT2D eigenvalue weighted by atomic mass is 10.1. The Hall–Kier alpha value is -2.43. The number of primary amides is 1. The summed E-state index contributed by atoms with van der Waals surface area (Å²) in [6.07, 6.45) is 0.0534. The van der Waals surface area contributed by atoms with Crippen molar-refractivity contribution in [2.75, 3.05) is 13.1 Å². The molecule has 0 radical (unpaired) electrons. The van der Waals surface area contributed by atoms with E-state index in [-0.39, 0.29) is 23.8 Å². The van der Waals surface area contributed by atoms with Gasteiger partial charge in [0, 0.05) is 24.5 Å². The van der Waals surface area contributed by atoms with Gasteiger partial charge in [-0.1, -0.05) is 32.0 Å². The zero-order valence-electron chi connectivity index (χ0n) is 16.4. The van der Waals surface area contributed by atoms with Gasteiger partial charge in [0.05, 0.1) is 17.4 Å². The van der Waals surface area contributed by atoms with Gasteiger partial charge in [-0.2, -0.15) is 4.31 Å². The van der Waals surface area contributed by atoms with E-state index in [1.807, 2.05) is 17.5 Å². The van der Waals surface area contributed by atoms with Crippen LogP contribution in [0.2, 0.25) is 0 Å². The van der Waals surface area contributed by atoms with E-state index in [1.165, 1.54) is 27.8 Å². The lowest BCUT2D eigenvalue weighted by Crippen LogP contribution is -2.36. The van der Waals surface area contributed by atoms with Crippen LogP contribution >= 0.6 is 11.3 Å². The number of sulfonamides is 1. The Morgan fingerprint density at radius 3 is 2.31 bits per heavy atom. The Morgan fingerprint density at radius 1 is 1.14 bits per heavy atom. The Kier molecular flexibility index (Phi) is 8.18. The number of amides is 3. The molecular weight excluding hydrogens is 412 g/mol. The molecule has 0 fully saturated rings. The van der Waals surface area contributed by atoms with Crippen LogP contribution < -0.4 is 16.4 Å². The molecule has 4 N–H and O–H groups in total. The highest BCUT2D eigenvalue weighted by molar-refractivity contribution is 7.89. The van der Waals surface area contributed by atoms with Crippen LogP contribution in [0.1, 0.15) is 36.8 Å². The summed E-state index contributed by atoms with van der Waals surface area (Å²) in [5, 5.41) is 7.21. The number of carbonyl (C=O) groups excluding carboxylic acids is 2. The number of thiophene rings is 1. The summed E-state index contributed by atoms with van der Waals surface area (Å²) >= 11 is 1.43. The molecular formula is C19H26N4O4S2. The number of rotatable bonds is 10. The topological polar surface area (TPSA) is 122 Å². The Bertz CT molecular complexity index is 908. The molecule has 2 rings (SSSR count).